The number of aryl methyl sites for hydroxylation is 1. The van der Waals surface area contributed by atoms with E-state index in [-0.39, 0.29) is 10.8 Å². The Balaban J connectivity index is 3.38. The van der Waals surface area contributed by atoms with Crippen LogP contribution in [0.4, 0.5) is 5.69 Å². The van der Waals surface area contributed by atoms with Gasteiger partial charge in [0.2, 0.25) is 0 Å². The number of halogens is 2. The van der Waals surface area contributed by atoms with Crippen LogP contribution in [0.15, 0.2) is 6.07 Å². The number of anilines is 1. The number of nitrogens with zero attached hydrogens (tertiary/aromatic N) is 1. The first kappa shape index (κ1) is 10.5. The first-order valence-electron chi connectivity index (χ1n) is 3.33. The zero-order chi connectivity index (χ0) is 10.0. The van der Waals surface area contributed by atoms with Crippen LogP contribution in [0.2, 0.25) is 5.15 Å². The summed E-state index contributed by atoms with van der Waals surface area (Å²) in [5.74, 6) is -1.09. The maximum Gasteiger partial charge on any atom is 0.356 e. The number of aromatic carboxylic acids is 1. The summed E-state index contributed by atoms with van der Waals surface area (Å²) in [7, 11) is 0. The molecule has 2 N–H and O–H groups in total. The van der Waals surface area contributed by atoms with Crippen molar-refractivity contribution in [2.75, 3.05) is 3.53 Å². The molecule has 1 aromatic rings. The summed E-state index contributed by atoms with van der Waals surface area (Å²) < 4.78 is 2.74. The molecule has 0 unspecified atom stereocenters. The number of nitrogens with one attached hydrogen (secondary N) is 1. The van der Waals surface area contributed by atoms with E-state index in [0.717, 1.165) is 5.56 Å². The van der Waals surface area contributed by atoms with Crippen LogP contribution in [0.1, 0.15) is 16.1 Å². The molecule has 4 nitrogen and oxygen atoms in total. The lowest BCUT2D eigenvalue weighted by molar-refractivity contribution is 0.0691. The Morgan fingerprint density at radius 2 is 2.38 bits per heavy atom. The lowest BCUT2D eigenvalue weighted by atomic mass is 10.2. The molecule has 0 spiro atoms. The van der Waals surface area contributed by atoms with Gasteiger partial charge in [-0.25, -0.2) is 9.78 Å². The molecule has 0 aliphatic rings. The highest BCUT2D eigenvalue weighted by molar-refractivity contribution is 14.1. The molecule has 0 aromatic carbocycles. The molecule has 0 aliphatic carbocycles. The van der Waals surface area contributed by atoms with E-state index >= 15 is 0 Å². The van der Waals surface area contributed by atoms with Crippen LogP contribution in [-0.4, -0.2) is 16.1 Å². The third-order valence-electron chi connectivity index (χ3n) is 1.48. The van der Waals surface area contributed by atoms with E-state index in [4.69, 9.17) is 16.7 Å². The van der Waals surface area contributed by atoms with Gasteiger partial charge in [-0.15, -0.1) is 0 Å². The van der Waals surface area contributed by atoms with Crippen molar-refractivity contribution < 1.29 is 9.90 Å². The van der Waals surface area contributed by atoms with Crippen molar-refractivity contribution in [1.29, 1.82) is 0 Å². The Hall–Kier alpha value is -0.560. The summed E-state index contributed by atoms with van der Waals surface area (Å²) in [4.78, 5) is 14.4. The van der Waals surface area contributed by atoms with E-state index < -0.39 is 5.97 Å². The van der Waals surface area contributed by atoms with Gasteiger partial charge in [-0.1, -0.05) is 11.6 Å². The van der Waals surface area contributed by atoms with Gasteiger partial charge in [-0.3, -0.25) is 0 Å². The third-order valence-corrected chi connectivity index (χ3v) is 2.22. The van der Waals surface area contributed by atoms with Crippen molar-refractivity contribution in [3.8, 4) is 0 Å². The first-order valence-corrected chi connectivity index (χ1v) is 4.79. The molecule has 1 aromatic heterocycles. The number of pyridine rings is 1. The molecule has 1 heterocycles. The average Bonchev–Trinajstić information content (AvgIpc) is 2.02. The van der Waals surface area contributed by atoms with Crippen LogP contribution in [0.5, 0.6) is 0 Å². The number of aromatic nitrogens is 1. The lowest BCUT2D eigenvalue weighted by Crippen LogP contribution is -2.05. The monoisotopic (exact) mass is 312 g/mol. The minimum Gasteiger partial charge on any atom is -0.476 e. The Morgan fingerprint density at radius 3 is 2.85 bits per heavy atom. The number of hydrogen-bond acceptors (Lipinski definition) is 3. The van der Waals surface area contributed by atoms with E-state index in [9.17, 15) is 4.79 Å². The normalized spacial score (nSPS) is 9.77. The fourth-order valence-electron chi connectivity index (χ4n) is 0.907. The molecular formula is C7H6ClIN2O2. The quantitative estimate of drug-likeness (QED) is 0.500. The molecule has 0 saturated heterocycles. The lowest BCUT2D eigenvalue weighted by Gasteiger charge is -2.06. The second-order valence-electron chi connectivity index (χ2n) is 2.39. The fraction of sp³-hybridized carbons (Fsp3) is 0.143. The van der Waals surface area contributed by atoms with Gasteiger partial charge >= 0.3 is 5.97 Å². The molecule has 70 valence electrons. The van der Waals surface area contributed by atoms with Crippen molar-refractivity contribution in [3.05, 3.63) is 22.5 Å². The van der Waals surface area contributed by atoms with E-state index in [1.807, 2.05) is 22.9 Å². The maximum atomic E-state index is 10.7. The second-order valence-corrected chi connectivity index (χ2v) is 3.31. The predicted molar refractivity (Wildman–Crippen MR) is 58.6 cm³/mol. The first-order chi connectivity index (χ1) is 6.06. The summed E-state index contributed by atoms with van der Waals surface area (Å²) >= 11 is 7.47. The minimum atomic E-state index is -1.09. The summed E-state index contributed by atoms with van der Waals surface area (Å²) in [5.41, 5.74) is 1.18. The Morgan fingerprint density at radius 1 is 1.77 bits per heavy atom. The number of carboxylic acid groups (broad SMARTS) is 1. The molecule has 6 heteroatoms. The average molecular weight is 312 g/mol. The van der Waals surface area contributed by atoms with Gasteiger partial charge in [0, 0.05) is 0 Å². The molecule has 0 fully saturated rings. The van der Waals surface area contributed by atoms with E-state index in [1.54, 1.807) is 13.0 Å². The zero-order valence-corrected chi connectivity index (χ0v) is 9.55. The predicted octanol–water partition coefficient (Wildman–Crippen LogP) is 2.50. The fourth-order valence-corrected chi connectivity index (χ4v) is 1.84. The number of rotatable bonds is 2. The highest BCUT2D eigenvalue weighted by Gasteiger charge is 2.14. The molecule has 0 bridgehead atoms. The SMILES string of the molecule is Cc1cc(Cl)nc(C(=O)O)c1NI. The summed E-state index contributed by atoms with van der Waals surface area (Å²) in [6.45, 7) is 1.76. The Bertz CT molecular complexity index is 357. The van der Waals surface area contributed by atoms with Crippen LogP contribution in [0.3, 0.4) is 0 Å². The van der Waals surface area contributed by atoms with E-state index in [1.165, 1.54) is 0 Å². The molecule has 0 amide bonds. The molecule has 0 aliphatic heterocycles. The molecule has 0 saturated carbocycles. The summed E-state index contributed by atoms with van der Waals surface area (Å²) in [6.07, 6.45) is 0. The highest BCUT2D eigenvalue weighted by Crippen LogP contribution is 2.23. The smallest absolute Gasteiger partial charge is 0.356 e. The van der Waals surface area contributed by atoms with Gasteiger partial charge in [0.25, 0.3) is 0 Å². The number of carbonyl (C=O) groups is 1. The van der Waals surface area contributed by atoms with Crippen molar-refractivity contribution in [2.24, 2.45) is 0 Å². The molecule has 13 heavy (non-hydrogen) atoms. The van der Waals surface area contributed by atoms with Gasteiger partial charge in [-0.2, -0.15) is 0 Å². The minimum absolute atomic E-state index is 0.0561. The molecule has 1 rings (SSSR count). The van der Waals surface area contributed by atoms with Crippen molar-refractivity contribution in [3.63, 3.8) is 0 Å². The second kappa shape index (κ2) is 4.10. The maximum absolute atomic E-state index is 10.7. The van der Waals surface area contributed by atoms with E-state index in [2.05, 4.69) is 8.51 Å². The van der Waals surface area contributed by atoms with Gasteiger partial charge in [0.05, 0.1) is 28.6 Å². The number of carboxylic acids is 1. The summed E-state index contributed by atoms with van der Waals surface area (Å²) in [6, 6.07) is 1.61. The van der Waals surface area contributed by atoms with Crippen LogP contribution >= 0.6 is 34.5 Å². The molecular weight excluding hydrogens is 306 g/mol. The zero-order valence-electron chi connectivity index (χ0n) is 6.64. The van der Waals surface area contributed by atoms with Crippen LogP contribution in [0.25, 0.3) is 0 Å². The van der Waals surface area contributed by atoms with Crippen molar-refractivity contribution in [2.45, 2.75) is 6.92 Å². The van der Waals surface area contributed by atoms with E-state index in [0.29, 0.717) is 5.69 Å². The van der Waals surface area contributed by atoms with Gasteiger partial charge < -0.3 is 8.64 Å². The van der Waals surface area contributed by atoms with Gasteiger partial charge in [0.15, 0.2) is 5.69 Å². The Kier molecular flexibility index (Phi) is 3.32. The third kappa shape index (κ3) is 2.22. The molecule has 0 radical (unpaired) electrons. The van der Waals surface area contributed by atoms with Crippen LogP contribution < -0.4 is 3.53 Å². The van der Waals surface area contributed by atoms with Gasteiger partial charge in [-0.05, 0) is 18.6 Å². The largest absolute Gasteiger partial charge is 0.476 e. The standard InChI is InChI=1S/C7H6ClIN2O2/c1-3-2-4(8)10-6(7(12)13)5(3)11-9/h2,11H,1H3,(H,12,13). The van der Waals surface area contributed by atoms with Gasteiger partial charge in [0.1, 0.15) is 5.15 Å². The highest BCUT2D eigenvalue weighted by atomic mass is 127. The molecule has 0 atom stereocenters. The van der Waals surface area contributed by atoms with Crippen LogP contribution in [-0.2, 0) is 0 Å². The van der Waals surface area contributed by atoms with Crippen LogP contribution in [0, 0.1) is 6.92 Å². The van der Waals surface area contributed by atoms with Crippen molar-refractivity contribution >= 4 is 46.1 Å². The Labute approximate surface area is 93.8 Å². The summed E-state index contributed by atoms with van der Waals surface area (Å²) in [5, 5.41) is 8.97. The number of hydrogen-bond donors (Lipinski definition) is 2. The topological polar surface area (TPSA) is 62.2 Å². The van der Waals surface area contributed by atoms with Crippen molar-refractivity contribution in [1.82, 2.24) is 4.98 Å².